The van der Waals surface area contributed by atoms with Gasteiger partial charge in [-0.3, -0.25) is 4.79 Å². The topological polar surface area (TPSA) is 64.3 Å². The Morgan fingerprint density at radius 1 is 1.58 bits per heavy atom. The standard InChI is InChI=1S/C13H18N2O2S.ClH/c14-6-10(8-1-2-8)15-13(16)12-5-9-7-17-4-3-11(9)18-12;/h5,8,10H,1-4,6-7,14H2,(H,15,16);1H. The Bertz CT molecular complexity index is 436. The molecule has 1 aliphatic carbocycles. The number of carbonyl (C=O) groups excluding carboxylic acids is 1. The van der Waals surface area contributed by atoms with E-state index >= 15 is 0 Å². The zero-order valence-corrected chi connectivity index (χ0v) is 12.3. The van der Waals surface area contributed by atoms with E-state index in [4.69, 9.17) is 10.5 Å². The third-order valence-corrected chi connectivity index (χ3v) is 4.85. The van der Waals surface area contributed by atoms with Gasteiger partial charge in [0.25, 0.3) is 5.91 Å². The molecular formula is C13H19ClN2O2S. The van der Waals surface area contributed by atoms with E-state index in [9.17, 15) is 4.79 Å². The van der Waals surface area contributed by atoms with Gasteiger partial charge in [0.15, 0.2) is 0 Å². The van der Waals surface area contributed by atoms with Crippen molar-refractivity contribution in [2.24, 2.45) is 11.7 Å². The van der Waals surface area contributed by atoms with Crippen LogP contribution < -0.4 is 11.1 Å². The normalized spacial score (nSPS) is 19.2. The molecule has 6 heteroatoms. The third-order valence-electron chi connectivity index (χ3n) is 3.61. The summed E-state index contributed by atoms with van der Waals surface area (Å²) in [4.78, 5) is 14.3. The Kier molecular flexibility index (Phi) is 4.84. The molecule has 3 rings (SSSR count). The van der Waals surface area contributed by atoms with E-state index in [1.165, 1.54) is 23.3 Å². The van der Waals surface area contributed by atoms with Crippen LogP contribution in [0.25, 0.3) is 0 Å². The Morgan fingerprint density at radius 2 is 2.37 bits per heavy atom. The fourth-order valence-corrected chi connectivity index (χ4v) is 3.42. The molecule has 1 aromatic heterocycles. The van der Waals surface area contributed by atoms with Crippen LogP contribution in [0.15, 0.2) is 6.07 Å². The first-order valence-corrected chi connectivity index (χ1v) is 7.30. The summed E-state index contributed by atoms with van der Waals surface area (Å²) in [6.07, 6.45) is 3.31. The Morgan fingerprint density at radius 3 is 3.00 bits per heavy atom. The van der Waals surface area contributed by atoms with Crippen LogP contribution in [0.5, 0.6) is 0 Å². The molecule has 4 nitrogen and oxygen atoms in total. The van der Waals surface area contributed by atoms with Gasteiger partial charge in [0, 0.05) is 23.9 Å². The maximum atomic E-state index is 12.2. The van der Waals surface area contributed by atoms with Crippen LogP contribution >= 0.6 is 23.7 Å². The number of thiophene rings is 1. The van der Waals surface area contributed by atoms with Crippen molar-refractivity contribution in [3.05, 3.63) is 21.4 Å². The van der Waals surface area contributed by atoms with Gasteiger partial charge in [0.1, 0.15) is 0 Å². The van der Waals surface area contributed by atoms with Crippen LogP contribution in [-0.4, -0.2) is 25.1 Å². The minimum Gasteiger partial charge on any atom is -0.376 e. The molecule has 19 heavy (non-hydrogen) atoms. The predicted octanol–water partition coefficient (Wildman–Crippen LogP) is 1.71. The first-order valence-electron chi connectivity index (χ1n) is 6.48. The Labute approximate surface area is 123 Å². The van der Waals surface area contributed by atoms with Crippen molar-refractivity contribution >= 4 is 29.7 Å². The van der Waals surface area contributed by atoms with Gasteiger partial charge >= 0.3 is 0 Å². The van der Waals surface area contributed by atoms with Gasteiger partial charge in [0.2, 0.25) is 0 Å². The number of nitrogens with two attached hydrogens (primary N) is 1. The molecule has 1 saturated carbocycles. The number of hydrogen-bond acceptors (Lipinski definition) is 4. The smallest absolute Gasteiger partial charge is 0.261 e. The number of ether oxygens (including phenoxy) is 1. The van der Waals surface area contributed by atoms with E-state index < -0.39 is 0 Å². The van der Waals surface area contributed by atoms with Crippen molar-refractivity contribution in [1.82, 2.24) is 5.32 Å². The van der Waals surface area contributed by atoms with E-state index in [2.05, 4.69) is 5.32 Å². The number of carbonyl (C=O) groups is 1. The fraction of sp³-hybridized carbons (Fsp3) is 0.615. The number of rotatable bonds is 4. The molecule has 0 aromatic carbocycles. The highest BCUT2D eigenvalue weighted by atomic mass is 35.5. The van der Waals surface area contributed by atoms with Crippen molar-refractivity contribution < 1.29 is 9.53 Å². The number of fused-ring (bicyclic) bond motifs is 1. The lowest BCUT2D eigenvalue weighted by molar-refractivity contribution is 0.0937. The van der Waals surface area contributed by atoms with Crippen LogP contribution in [0.4, 0.5) is 0 Å². The molecule has 0 saturated heterocycles. The summed E-state index contributed by atoms with van der Waals surface area (Å²) < 4.78 is 5.39. The fourth-order valence-electron chi connectivity index (χ4n) is 2.37. The van der Waals surface area contributed by atoms with Crippen LogP contribution in [0.3, 0.4) is 0 Å². The summed E-state index contributed by atoms with van der Waals surface area (Å²) in [5.74, 6) is 0.619. The zero-order valence-electron chi connectivity index (χ0n) is 10.7. The predicted molar refractivity (Wildman–Crippen MR) is 78.0 cm³/mol. The second kappa shape index (κ2) is 6.22. The van der Waals surface area contributed by atoms with E-state index in [0.717, 1.165) is 17.9 Å². The highest BCUT2D eigenvalue weighted by Gasteiger charge is 2.31. The number of hydrogen-bond donors (Lipinski definition) is 2. The highest BCUT2D eigenvalue weighted by Crippen LogP contribution is 2.33. The van der Waals surface area contributed by atoms with Crippen molar-refractivity contribution in [1.29, 1.82) is 0 Å². The minimum atomic E-state index is 0. The zero-order chi connectivity index (χ0) is 12.5. The summed E-state index contributed by atoms with van der Waals surface area (Å²) in [7, 11) is 0. The van der Waals surface area contributed by atoms with E-state index in [-0.39, 0.29) is 24.4 Å². The first kappa shape index (κ1) is 14.8. The monoisotopic (exact) mass is 302 g/mol. The molecule has 3 N–H and O–H groups in total. The lowest BCUT2D eigenvalue weighted by Crippen LogP contribution is -2.41. The van der Waals surface area contributed by atoms with Gasteiger partial charge in [0.05, 0.1) is 18.1 Å². The first-order chi connectivity index (χ1) is 8.78. The van der Waals surface area contributed by atoms with Crippen molar-refractivity contribution in [3.8, 4) is 0 Å². The van der Waals surface area contributed by atoms with Gasteiger partial charge in [-0.2, -0.15) is 0 Å². The molecule has 0 radical (unpaired) electrons. The summed E-state index contributed by atoms with van der Waals surface area (Å²) in [5, 5.41) is 3.06. The van der Waals surface area contributed by atoms with E-state index in [1.807, 2.05) is 6.07 Å². The van der Waals surface area contributed by atoms with Gasteiger partial charge in [-0.25, -0.2) is 0 Å². The van der Waals surface area contributed by atoms with Gasteiger partial charge in [-0.1, -0.05) is 0 Å². The number of amides is 1. The molecule has 0 bridgehead atoms. The average molecular weight is 303 g/mol. The molecule has 2 heterocycles. The second-order valence-corrected chi connectivity index (χ2v) is 6.15. The molecule has 1 amide bonds. The number of halogens is 1. The lowest BCUT2D eigenvalue weighted by Gasteiger charge is -2.15. The molecule has 1 fully saturated rings. The molecule has 1 aliphatic heterocycles. The minimum absolute atomic E-state index is 0. The van der Waals surface area contributed by atoms with Gasteiger partial charge < -0.3 is 15.8 Å². The average Bonchev–Trinajstić information content (AvgIpc) is 3.13. The highest BCUT2D eigenvalue weighted by molar-refractivity contribution is 7.14. The van der Waals surface area contributed by atoms with Crippen molar-refractivity contribution in [3.63, 3.8) is 0 Å². The largest absolute Gasteiger partial charge is 0.376 e. The van der Waals surface area contributed by atoms with Crippen molar-refractivity contribution in [2.75, 3.05) is 13.2 Å². The molecule has 2 aliphatic rings. The van der Waals surface area contributed by atoms with Crippen LogP contribution in [0, 0.1) is 5.92 Å². The third kappa shape index (κ3) is 3.28. The molecule has 1 unspecified atom stereocenters. The molecule has 0 spiro atoms. The Hall–Kier alpha value is -0.620. The second-order valence-electron chi connectivity index (χ2n) is 5.01. The van der Waals surface area contributed by atoms with E-state index in [0.29, 0.717) is 19.1 Å². The summed E-state index contributed by atoms with van der Waals surface area (Å²) >= 11 is 1.60. The van der Waals surface area contributed by atoms with Crippen LogP contribution in [0.1, 0.15) is 33.0 Å². The van der Waals surface area contributed by atoms with Crippen LogP contribution in [-0.2, 0) is 17.8 Å². The molecule has 106 valence electrons. The number of nitrogens with one attached hydrogen (secondary N) is 1. The van der Waals surface area contributed by atoms with Crippen LogP contribution in [0.2, 0.25) is 0 Å². The lowest BCUT2D eigenvalue weighted by atomic mass is 10.1. The van der Waals surface area contributed by atoms with Gasteiger partial charge in [-0.05, 0) is 30.4 Å². The maximum absolute atomic E-state index is 12.2. The summed E-state index contributed by atoms with van der Waals surface area (Å²) in [6.45, 7) is 1.94. The van der Waals surface area contributed by atoms with Crippen molar-refractivity contribution in [2.45, 2.75) is 31.9 Å². The summed E-state index contributed by atoms with van der Waals surface area (Å²) in [6, 6.07) is 2.11. The maximum Gasteiger partial charge on any atom is 0.261 e. The Balaban J connectivity index is 0.00000133. The molecular weight excluding hydrogens is 284 g/mol. The molecule has 1 atom stereocenters. The SMILES string of the molecule is Cl.NCC(NC(=O)c1cc2c(s1)CCOC2)C1CC1. The van der Waals surface area contributed by atoms with E-state index in [1.54, 1.807) is 11.3 Å². The quantitative estimate of drug-likeness (QED) is 0.890. The van der Waals surface area contributed by atoms with Gasteiger partial charge in [-0.15, -0.1) is 23.7 Å². The molecule has 1 aromatic rings. The summed E-state index contributed by atoms with van der Waals surface area (Å²) in [5.41, 5.74) is 6.88.